The first-order valence-corrected chi connectivity index (χ1v) is 5.67. The summed E-state index contributed by atoms with van der Waals surface area (Å²) in [5.41, 5.74) is 0.245. The van der Waals surface area contributed by atoms with Gasteiger partial charge < -0.3 is 10.6 Å². The first-order valence-electron chi connectivity index (χ1n) is 5.67. The summed E-state index contributed by atoms with van der Waals surface area (Å²) in [7, 11) is 0. The van der Waals surface area contributed by atoms with Crippen LogP contribution < -0.4 is 10.6 Å². The van der Waals surface area contributed by atoms with Gasteiger partial charge in [-0.15, -0.1) is 12.4 Å². The maximum atomic E-state index is 11.4. The first-order chi connectivity index (χ1) is 6.61. The lowest BCUT2D eigenvalue weighted by molar-refractivity contribution is -0.124. The molecule has 0 aliphatic carbocycles. The third-order valence-electron chi connectivity index (χ3n) is 3.58. The van der Waals surface area contributed by atoms with E-state index in [1.54, 1.807) is 0 Å². The topological polar surface area (TPSA) is 41.1 Å². The van der Waals surface area contributed by atoms with Crippen molar-refractivity contribution in [2.24, 2.45) is 5.92 Å². The van der Waals surface area contributed by atoms with Crippen molar-refractivity contribution >= 4 is 18.3 Å². The minimum atomic E-state index is 0. The Labute approximate surface area is 97.8 Å². The number of hydrogen-bond donors (Lipinski definition) is 2. The highest BCUT2D eigenvalue weighted by Crippen LogP contribution is 2.36. The summed E-state index contributed by atoms with van der Waals surface area (Å²) in [6.07, 6.45) is 5.04. The van der Waals surface area contributed by atoms with Crippen LogP contribution in [0.2, 0.25) is 0 Å². The number of nitrogens with one attached hydrogen (secondary N) is 2. The Balaban J connectivity index is 0.00000112. The van der Waals surface area contributed by atoms with Gasteiger partial charge in [-0.1, -0.05) is 13.8 Å². The molecule has 2 aliphatic rings. The fourth-order valence-corrected chi connectivity index (χ4v) is 2.58. The second kappa shape index (κ2) is 4.71. The van der Waals surface area contributed by atoms with Gasteiger partial charge in [0.25, 0.3) is 0 Å². The van der Waals surface area contributed by atoms with Gasteiger partial charge in [-0.25, -0.2) is 0 Å². The maximum Gasteiger partial charge on any atom is 0.222 e. The molecular weight excluding hydrogens is 212 g/mol. The van der Waals surface area contributed by atoms with Crippen molar-refractivity contribution in [2.45, 2.75) is 51.1 Å². The van der Waals surface area contributed by atoms with Gasteiger partial charge in [-0.3, -0.25) is 4.79 Å². The Hall–Kier alpha value is -0.280. The minimum Gasteiger partial charge on any atom is -0.354 e. The highest BCUT2D eigenvalue weighted by Gasteiger charge is 2.44. The molecule has 3 nitrogen and oxygen atoms in total. The van der Waals surface area contributed by atoms with Crippen LogP contribution in [0.4, 0.5) is 0 Å². The van der Waals surface area contributed by atoms with Crippen LogP contribution in [-0.2, 0) is 4.79 Å². The predicted molar refractivity (Wildman–Crippen MR) is 63.2 cm³/mol. The summed E-state index contributed by atoms with van der Waals surface area (Å²) in [6, 6.07) is 0.728. The smallest absolute Gasteiger partial charge is 0.222 e. The maximum absolute atomic E-state index is 11.4. The second-order valence-electron chi connectivity index (χ2n) is 5.07. The van der Waals surface area contributed by atoms with Crippen molar-refractivity contribution in [3.63, 3.8) is 0 Å². The number of amides is 1. The molecule has 0 spiro atoms. The molecule has 0 saturated carbocycles. The van der Waals surface area contributed by atoms with Gasteiger partial charge in [-0.2, -0.15) is 0 Å². The van der Waals surface area contributed by atoms with Crippen molar-refractivity contribution in [3.05, 3.63) is 0 Å². The first kappa shape index (κ1) is 12.8. The van der Waals surface area contributed by atoms with Crippen molar-refractivity contribution in [1.29, 1.82) is 0 Å². The van der Waals surface area contributed by atoms with E-state index in [4.69, 9.17) is 0 Å². The molecule has 2 rings (SSSR count). The van der Waals surface area contributed by atoms with E-state index in [0.717, 1.165) is 12.6 Å². The molecule has 0 radical (unpaired) electrons. The monoisotopic (exact) mass is 232 g/mol. The fourth-order valence-electron chi connectivity index (χ4n) is 2.58. The van der Waals surface area contributed by atoms with Crippen LogP contribution in [0.5, 0.6) is 0 Å². The van der Waals surface area contributed by atoms with E-state index in [2.05, 4.69) is 10.6 Å². The quantitative estimate of drug-likeness (QED) is 0.774. The van der Waals surface area contributed by atoms with E-state index < -0.39 is 0 Å². The molecule has 1 amide bonds. The van der Waals surface area contributed by atoms with Gasteiger partial charge in [0.1, 0.15) is 0 Å². The lowest BCUT2D eigenvalue weighted by Crippen LogP contribution is -2.48. The molecule has 0 aromatic carbocycles. The summed E-state index contributed by atoms with van der Waals surface area (Å²) in [5, 5.41) is 6.66. The van der Waals surface area contributed by atoms with Crippen LogP contribution in [0.15, 0.2) is 0 Å². The Kier molecular flexibility index (Phi) is 4.01. The molecule has 2 fully saturated rings. The standard InChI is InChI=1S/C11H20N2O.ClH/c1-8(2)10(14)12-7-11-5-3-9(13-11)4-6-11;/h8-9,13H,3-7H2,1-2H3,(H,12,14);1H. The van der Waals surface area contributed by atoms with E-state index in [-0.39, 0.29) is 29.8 Å². The molecule has 15 heavy (non-hydrogen) atoms. The number of halogens is 1. The largest absolute Gasteiger partial charge is 0.354 e. The highest BCUT2D eigenvalue weighted by atomic mass is 35.5. The summed E-state index contributed by atoms with van der Waals surface area (Å²) in [4.78, 5) is 11.4. The molecule has 2 heterocycles. The second-order valence-corrected chi connectivity index (χ2v) is 5.07. The van der Waals surface area contributed by atoms with Crippen LogP contribution in [0.25, 0.3) is 0 Å². The molecule has 2 N–H and O–H groups in total. The van der Waals surface area contributed by atoms with Gasteiger partial charge >= 0.3 is 0 Å². The van der Waals surface area contributed by atoms with Crippen molar-refractivity contribution in [1.82, 2.24) is 10.6 Å². The Bertz CT molecular complexity index is 235. The number of carbonyl (C=O) groups excluding carboxylic acids is 1. The van der Waals surface area contributed by atoms with Gasteiger partial charge in [0.2, 0.25) is 5.91 Å². The molecule has 2 bridgehead atoms. The summed E-state index contributed by atoms with van der Waals surface area (Å²) < 4.78 is 0. The molecule has 4 heteroatoms. The van der Waals surface area contributed by atoms with Gasteiger partial charge in [-0.05, 0) is 25.7 Å². The Morgan fingerprint density at radius 2 is 2.07 bits per heavy atom. The van der Waals surface area contributed by atoms with Gasteiger partial charge in [0.15, 0.2) is 0 Å². The van der Waals surface area contributed by atoms with E-state index in [9.17, 15) is 4.79 Å². The molecule has 88 valence electrons. The molecule has 0 aromatic heterocycles. The van der Waals surface area contributed by atoms with Crippen LogP contribution in [0.1, 0.15) is 39.5 Å². The average Bonchev–Trinajstić information content (AvgIpc) is 2.74. The van der Waals surface area contributed by atoms with E-state index in [1.165, 1.54) is 25.7 Å². The van der Waals surface area contributed by atoms with Crippen molar-refractivity contribution < 1.29 is 4.79 Å². The van der Waals surface area contributed by atoms with Crippen molar-refractivity contribution in [2.75, 3.05) is 6.54 Å². The SMILES string of the molecule is CC(C)C(=O)NCC12CCC(CC1)N2.Cl. The van der Waals surface area contributed by atoms with Crippen LogP contribution in [0, 0.1) is 5.92 Å². The number of rotatable bonds is 3. The normalized spacial score (nSPS) is 32.9. The van der Waals surface area contributed by atoms with E-state index >= 15 is 0 Å². The van der Waals surface area contributed by atoms with E-state index in [1.807, 2.05) is 13.8 Å². The third-order valence-corrected chi connectivity index (χ3v) is 3.58. The zero-order valence-corrected chi connectivity index (χ0v) is 10.3. The number of fused-ring (bicyclic) bond motifs is 2. The molecule has 2 saturated heterocycles. The number of hydrogen-bond acceptors (Lipinski definition) is 2. The van der Waals surface area contributed by atoms with Crippen LogP contribution in [0.3, 0.4) is 0 Å². The zero-order chi connectivity index (χ0) is 10.2. The molecule has 0 unspecified atom stereocenters. The summed E-state index contributed by atoms with van der Waals surface area (Å²) >= 11 is 0. The predicted octanol–water partition coefficient (Wildman–Crippen LogP) is 1.46. The van der Waals surface area contributed by atoms with Crippen LogP contribution >= 0.6 is 12.4 Å². The highest BCUT2D eigenvalue weighted by molar-refractivity contribution is 5.85. The average molecular weight is 233 g/mol. The van der Waals surface area contributed by atoms with Gasteiger partial charge in [0, 0.05) is 24.0 Å². The van der Waals surface area contributed by atoms with E-state index in [0.29, 0.717) is 0 Å². The number of carbonyl (C=O) groups is 1. The lowest BCUT2D eigenvalue weighted by Gasteiger charge is -2.26. The van der Waals surface area contributed by atoms with Crippen LogP contribution in [-0.4, -0.2) is 24.0 Å². The molecule has 0 atom stereocenters. The zero-order valence-electron chi connectivity index (χ0n) is 9.51. The third kappa shape index (κ3) is 2.64. The lowest BCUT2D eigenvalue weighted by atomic mass is 9.88. The molecule has 0 aromatic rings. The van der Waals surface area contributed by atoms with Crippen molar-refractivity contribution in [3.8, 4) is 0 Å². The summed E-state index contributed by atoms with van der Waals surface area (Å²) in [6.45, 7) is 4.69. The van der Waals surface area contributed by atoms with Gasteiger partial charge in [0.05, 0.1) is 0 Å². The fraction of sp³-hybridized carbons (Fsp3) is 0.909. The summed E-state index contributed by atoms with van der Waals surface area (Å²) in [5.74, 6) is 0.279. The molecular formula is C11H21ClN2O. The minimum absolute atomic E-state index is 0. The Morgan fingerprint density at radius 1 is 1.47 bits per heavy atom. The Morgan fingerprint density at radius 3 is 2.47 bits per heavy atom. The molecule has 2 aliphatic heterocycles.